The Morgan fingerprint density at radius 2 is 2.05 bits per heavy atom. The Morgan fingerprint density at radius 1 is 1.35 bits per heavy atom. The van der Waals surface area contributed by atoms with Crippen LogP contribution in [0.15, 0.2) is 12.7 Å². The molecule has 20 heavy (non-hydrogen) atoms. The lowest BCUT2D eigenvalue weighted by Gasteiger charge is -2.40. The van der Waals surface area contributed by atoms with Gasteiger partial charge in [0.25, 0.3) is 0 Å². The van der Waals surface area contributed by atoms with E-state index < -0.39 is 20.4 Å². The van der Waals surface area contributed by atoms with Crippen molar-refractivity contribution < 1.29 is 23.4 Å². The lowest BCUT2D eigenvalue weighted by Crippen LogP contribution is -2.56. The lowest BCUT2D eigenvalue weighted by atomic mass is 10.1. The fourth-order valence-electron chi connectivity index (χ4n) is 2.80. The Bertz CT molecular complexity index is 357. The Hall–Kier alpha value is -0.243. The molecule has 0 N–H and O–H groups in total. The van der Waals surface area contributed by atoms with E-state index in [1.807, 2.05) is 19.9 Å². The summed E-state index contributed by atoms with van der Waals surface area (Å²) < 4.78 is 29.3. The van der Waals surface area contributed by atoms with Gasteiger partial charge in [-0.2, -0.15) is 0 Å². The number of hydrogen-bond donors (Lipinski definition) is 0. The highest BCUT2D eigenvalue weighted by Crippen LogP contribution is 2.37. The van der Waals surface area contributed by atoms with Crippen LogP contribution in [0.2, 0.25) is 19.1 Å². The van der Waals surface area contributed by atoms with Crippen molar-refractivity contribution in [1.82, 2.24) is 0 Å². The average molecular weight is 302 g/mol. The normalized spacial score (nSPS) is 36.6. The van der Waals surface area contributed by atoms with Crippen LogP contribution in [0.3, 0.4) is 0 Å². The number of fused-ring (bicyclic) bond motifs is 1. The summed E-state index contributed by atoms with van der Waals surface area (Å²) >= 11 is 0. The predicted molar refractivity (Wildman–Crippen MR) is 77.9 cm³/mol. The Kier molecular flexibility index (Phi) is 4.73. The third-order valence-corrected chi connectivity index (χ3v) is 5.74. The zero-order valence-electron chi connectivity index (χ0n) is 13.0. The van der Waals surface area contributed by atoms with Crippen molar-refractivity contribution in [1.29, 1.82) is 0 Å². The van der Waals surface area contributed by atoms with Crippen LogP contribution in [0.4, 0.5) is 0 Å². The minimum atomic E-state index is -1.87. The second-order valence-electron chi connectivity index (χ2n) is 6.41. The maximum Gasteiger partial charge on any atom is 0.191 e. The van der Waals surface area contributed by atoms with E-state index in [1.54, 1.807) is 7.11 Å². The zero-order valence-corrected chi connectivity index (χ0v) is 14.0. The van der Waals surface area contributed by atoms with Gasteiger partial charge >= 0.3 is 0 Å². The molecule has 5 nitrogen and oxygen atoms in total. The van der Waals surface area contributed by atoms with Gasteiger partial charge in [0, 0.05) is 7.11 Å². The predicted octanol–water partition coefficient (Wildman–Crippen LogP) is 2.29. The molecule has 2 heterocycles. The highest BCUT2D eigenvalue weighted by Gasteiger charge is 2.52. The lowest BCUT2D eigenvalue weighted by molar-refractivity contribution is -0.236. The summed E-state index contributed by atoms with van der Waals surface area (Å²) in [5.41, 5.74) is 0. The summed E-state index contributed by atoms with van der Waals surface area (Å²) in [5, 5.41) is 0. The van der Waals surface area contributed by atoms with Crippen LogP contribution < -0.4 is 0 Å². The molecule has 4 atom stereocenters. The van der Waals surface area contributed by atoms with E-state index in [0.29, 0.717) is 6.61 Å². The molecule has 2 saturated heterocycles. The van der Waals surface area contributed by atoms with E-state index in [2.05, 4.69) is 19.7 Å². The number of ether oxygens (including phenoxy) is 4. The third kappa shape index (κ3) is 3.50. The maximum absolute atomic E-state index is 6.34. The molecule has 0 radical (unpaired) electrons. The van der Waals surface area contributed by atoms with Crippen LogP contribution in [0.5, 0.6) is 0 Å². The summed E-state index contributed by atoms with van der Waals surface area (Å²) in [4.78, 5) is 0. The number of methoxy groups -OCH3 is 1. The molecule has 0 aromatic rings. The Labute approximate surface area is 122 Å². The molecule has 0 spiro atoms. The topological polar surface area (TPSA) is 46.2 Å². The second-order valence-corrected chi connectivity index (χ2v) is 10.6. The first-order valence-corrected chi connectivity index (χ1v) is 10.2. The van der Waals surface area contributed by atoms with Gasteiger partial charge in [-0.1, -0.05) is 6.08 Å². The van der Waals surface area contributed by atoms with Gasteiger partial charge in [0.1, 0.15) is 18.3 Å². The number of hydrogen-bond acceptors (Lipinski definition) is 5. The van der Waals surface area contributed by atoms with Crippen molar-refractivity contribution in [2.75, 3.05) is 13.7 Å². The maximum atomic E-state index is 6.34. The van der Waals surface area contributed by atoms with Crippen LogP contribution in [0.1, 0.15) is 13.8 Å². The minimum absolute atomic E-state index is 0.102. The summed E-state index contributed by atoms with van der Waals surface area (Å²) in [7, 11) is -0.239. The van der Waals surface area contributed by atoms with E-state index in [1.165, 1.54) is 0 Å². The monoisotopic (exact) mass is 302 g/mol. The molecular formula is C14H26O5Si. The van der Waals surface area contributed by atoms with Gasteiger partial charge in [0.15, 0.2) is 20.4 Å². The van der Waals surface area contributed by atoms with Crippen LogP contribution in [-0.2, 0) is 23.4 Å². The molecule has 0 aromatic heterocycles. The fourth-order valence-corrected chi connectivity index (χ4v) is 4.57. The van der Waals surface area contributed by atoms with Gasteiger partial charge in [-0.3, -0.25) is 0 Å². The van der Waals surface area contributed by atoms with Gasteiger partial charge in [0.2, 0.25) is 0 Å². The van der Waals surface area contributed by atoms with Crippen molar-refractivity contribution in [2.24, 2.45) is 0 Å². The van der Waals surface area contributed by atoms with Crippen LogP contribution in [0.25, 0.3) is 0 Å². The van der Waals surface area contributed by atoms with Crippen molar-refractivity contribution in [2.45, 2.75) is 63.4 Å². The van der Waals surface area contributed by atoms with Gasteiger partial charge in [0.05, 0.1) is 6.61 Å². The van der Waals surface area contributed by atoms with Gasteiger partial charge in [-0.25, -0.2) is 0 Å². The molecular weight excluding hydrogens is 276 g/mol. The molecule has 0 saturated carbocycles. The van der Waals surface area contributed by atoms with Crippen molar-refractivity contribution >= 4 is 8.32 Å². The van der Waals surface area contributed by atoms with Gasteiger partial charge in [-0.15, -0.1) is 6.58 Å². The summed E-state index contributed by atoms with van der Waals surface area (Å²) in [5.74, 6) is -0.604. The molecule has 0 unspecified atom stereocenters. The zero-order chi connectivity index (χ0) is 15.0. The van der Waals surface area contributed by atoms with Gasteiger partial charge < -0.3 is 23.4 Å². The first-order chi connectivity index (χ1) is 9.28. The molecule has 0 aromatic carbocycles. The first kappa shape index (κ1) is 16.1. The third-order valence-electron chi connectivity index (χ3n) is 3.56. The van der Waals surface area contributed by atoms with Gasteiger partial charge in [-0.05, 0) is 33.0 Å². The molecule has 0 amide bonds. The smallest absolute Gasteiger partial charge is 0.191 e. The average Bonchev–Trinajstić information content (AvgIpc) is 2.64. The Morgan fingerprint density at radius 3 is 2.65 bits per heavy atom. The molecule has 2 aliphatic rings. The quantitative estimate of drug-likeness (QED) is 0.576. The molecule has 116 valence electrons. The standard InChI is InChI=1S/C14H26O5Si/c1-7-8-20(5,6)19-12-11-10(9-16-13(12)15-4)17-14(2,3)18-11/h7,10-13H,1,8-9H2,2-6H3/t10-,11-,12+,13-/m0/s1. The summed E-state index contributed by atoms with van der Waals surface area (Å²) in [6, 6.07) is 0.877. The summed E-state index contributed by atoms with van der Waals surface area (Å²) in [6.07, 6.45) is 0.980. The molecule has 0 bridgehead atoms. The van der Waals surface area contributed by atoms with E-state index >= 15 is 0 Å². The van der Waals surface area contributed by atoms with Crippen molar-refractivity contribution in [3.63, 3.8) is 0 Å². The molecule has 6 heteroatoms. The molecule has 2 rings (SSSR count). The number of allylic oxidation sites excluding steroid dienone is 1. The SMILES string of the molecule is C=CC[Si](C)(C)O[C@H]1[C@@H](OC)OC[C@@H]2OC(C)(C)O[C@H]12. The summed E-state index contributed by atoms with van der Waals surface area (Å²) in [6.45, 7) is 12.4. The van der Waals surface area contributed by atoms with Crippen molar-refractivity contribution in [3.8, 4) is 0 Å². The molecule has 2 fully saturated rings. The van der Waals surface area contributed by atoms with Crippen LogP contribution >= 0.6 is 0 Å². The van der Waals surface area contributed by atoms with E-state index in [4.69, 9.17) is 23.4 Å². The van der Waals surface area contributed by atoms with E-state index in [0.717, 1.165) is 6.04 Å². The second kappa shape index (κ2) is 5.86. The Balaban J connectivity index is 2.14. The molecule has 2 aliphatic heterocycles. The first-order valence-electron chi connectivity index (χ1n) is 7.07. The highest BCUT2D eigenvalue weighted by molar-refractivity contribution is 6.71. The van der Waals surface area contributed by atoms with Crippen LogP contribution in [-0.4, -0.2) is 52.4 Å². The number of rotatable bonds is 5. The van der Waals surface area contributed by atoms with E-state index in [-0.39, 0.29) is 18.3 Å². The largest absolute Gasteiger partial charge is 0.406 e. The van der Waals surface area contributed by atoms with E-state index in [9.17, 15) is 0 Å². The van der Waals surface area contributed by atoms with Crippen LogP contribution in [0, 0.1) is 0 Å². The molecule has 0 aliphatic carbocycles. The van der Waals surface area contributed by atoms with Crippen molar-refractivity contribution in [3.05, 3.63) is 12.7 Å². The highest BCUT2D eigenvalue weighted by atomic mass is 28.4. The minimum Gasteiger partial charge on any atom is -0.406 e. The fraction of sp³-hybridized carbons (Fsp3) is 0.857.